The normalized spacial score (nSPS) is 13.8. The maximum Gasteiger partial charge on any atom is 0.435 e. The number of nitrogens with one attached hydrogen (secondary N) is 1. The highest BCUT2D eigenvalue weighted by Gasteiger charge is 2.37. The maximum absolute atomic E-state index is 13.7. The lowest BCUT2D eigenvalue weighted by Gasteiger charge is -2.09. The van der Waals surface area contributed by atoms with Gasteiger partial charge in [-0.1, -0.05) is 0 Å². The molecular formula is C22H17F8N3O3. The standard InChI is InChI=1S/C22H17F8N3O3/c23-15-16(24)18(26)20(19(27)17(15)25)35-9-11-4-5-13(36-11)21(34)31-6-1-7-33-12(10-2-3-10)8-14(32-33)22(28,29)30/h4-5,8,10H,1-3,6-7,9H2,(H,31,34). The number of furan rings is 1. The van der Waals surface area contributed by atoms with Crippen LogP contribution >= 0.6 is 0 Å². The fraction of sp³-hybridized carbons (Fsp3) is 0.364. The highest BCUT2D eigenvalue weighted by atomic mass is 19.4. The minimum absolute atomic E-state index is 0.0387. The first-order valence-corrected chi connectivity index (χ1v) is 10.6. The fourth-order valence-electron chi connectivity index (χ4n) is 3.41. The molecule has 36 heavy (non-hydrogen) atoms. The Morgan fingerprint density at radius 2 is 1.69 bits per heavy atom. The van der Waals surface area contributed by atoms with Gasteiger partial charge in [-0.05, 0) is 37.5 Å². The van der Waals surface area contributed by atoms with Crippen LogP contribution < -0.4 is 10.1 Å². The summed E-state index contributed by atoms with van der Waals surface area (Å²) in [5, 5.41) is 6.12. The Hall–Kier alpha value is -3.58. The van der Waals surface area contributed by atoms with Gasteiger partial charge in [0, 0.05) is 24.7 Å². The van der Waals surface area contributed by atoms with Crippen LogP contribution in [0.15, 0.2) is 22.6 Å². The number of nitrogens with zero attached hydrogens (tertiary/aromatic N) is 2. The summed E-state index contributed by atoms with van der Waals surface area (Å²) in [6.45, 7) is -0.529. The van der Waals surface area contributed by atoms with Crippen molar-refractivity contribution in [3.8, 4) is 5.75 Å². The monoisotopic (exact) mass is 523 g/mol. The second-order valence-corrected chi connectivity index (χ2v) is 8.01. The Kier molecular flexibility index (Phi) is 6.96. The Labute approximate surface area is 197 Å². The highest BCUT2D eigenvalue weighted by molar-refractivity contribution is 5.91. The lowest BCUT2D eigenvalue weighted by Crippen LogP contribution is -2.25. The summed E-state index contributed by atoms with van der Waals surface area (Å²) in [5.41, 5.74) is -0.470. The average molecular weight is 523 g/mol. The molecule has 2 aromatic heterocycles. The third-order valence-corrected chi connectivity index (χ3v) is 5.34. The number of amides is 1. The molecule has 2 heterocycles. The van der Waals surface area contributed by atoms with Crippen LogP contribution in [-0.4, -0.2) is 22.2 Å². The van der Waals surface area contributed by atoms with Crippen LogP contribution in [0.4, 0.5) is 35.1 Å². The van der Waals surface area contributed by atoms with Gasteiger partial charge in [-0.3, -0.25) is 9.48 Å². The topological polar surface area (TPSA) is 69.3 Å². The van der Waals surface area contributed by atoms with E-state index in [-0.39, 0.29) is 36.9 Å². The number of hydrogen-bond acceptors (Lipinski definition) is 4. The Balaban J connectivity index is 1.30. The van der Waals surface area contributed by atoms with Crippen LogP contribution in [0.2, 0.25) is 0 Å². The van der Waals surface area contributed by atoms with Crippen LogP contribution in [0, 0.1) is 29.1 Å². The van der Waals surface area contributed by atoms with Gasteiger partial charge in [-0.2, -0.15) is 27.1 Å². The van der Waals surface area contributed by atoms with Crippen LogP contribution in [0.25, 0.3) is 0 Å². The van der Waals surface area contributed by atoms with E-state index in [2.05, 4.69) is 15.2 Å². The number of alkyl halides is 3. The quantitative estimate of drug-likeness (QED) is 0.175. The van der Waals surface area contributed by atoms with Gasteiger partial charge in [-0.15, -0.1) is 0 Å². The third kappa shape index (κ3) is 5.31. The lowest BCUT2D eigenvalue weighted by atomic mass is 10.2. The number of aromatic nitrogens is 2. The second kappa shape index (κ2) is 9.82. The molecule has 4 rings (SSSR count). The predicted molar refractivity (Wildman–Crippen MR) is 105 cm³/mol. The van der Waals surface area contributed by atoms with Crippen molar-refractivity contribution in [1.82, 2.24) is 15.1 Å². The zero-order valence-electron chi connectivity index (χ0n) is 18.2. The van der Waals surface area contributed by atoms with Crippen molar-refractivity contribution in [1.29, 1.82) is 0 Å². The van der Waals surface area contributed by atoms with E-state index in [0.29, 0.717) is 5.69 Å². The predicted octanol–water partition coefficient (Wildman–Crippen LogP) is 5.47. The summed E-state index contributed by atoms with van der Waals surface area (Å²) in [7, 11) is 0. The molecule has 0 atom stereocenters. The van der Waals surface area contributed by atoms with E-state index < -0.39 is 59.2 Å². The van der Waals surface area contributed by atoms with E-state index in [0.717, 1.165) is 18.9 Å². The smallest absolute Gasteiger partial charge is 0.435 e. The molecule has 0 spiro atoms. The Bertz CT molecular complexity index is 1250. The summed E-state index contributed by atoms with van der Waals surface area (Å²) in [6, 6.07) is 3.43. The molecule has 1 fully saturated rings. The van der Waals surface area contributed by atoms with Crippen LogP contribution in [0.1, 0.15) is 52.9 Å². The van der Waals surface area contributed by atoms with Gasteiger partial charge in [-0.25, -0.2) is 13.2 Å². The number of hydrogen-bond donors (Lipinski definition) is 1. The third-order valence-electron chi connectivity index (χ3n) is 5.34. The first-order valence-electron chi connectivity index (χ1n) is 10.6. The van der Waals surface area contributed by atoms with Crippen molar-refractivity contribution in [3.63, 3.8) is 0 Å². The zero-order chi connectivity index (χ0) is 26.2. The molecule has 14 heteroatoms. The van der Waals surface area contributed by atoms with Gasteiger partial charge >= 0.3 is 6.18 Å². The average Bonchev–Trinajstić information content (AvgIpc) is 3.39. The molecule has 0 saturated heterocycles. The maximum atomic E-state index is 13.7. The summed E-state index contributed by atoms with van der Waals surface area (Å²) >= 11 is 0. The molecule has 3 aromatic rings. The van der Waals surface area contributed by atoms with Crippen LogP contribution in [-0.2, 0) is 19.3 Å². The van der Waals surface area contributed by atoms with E-state index in [1.807, 2.05) is 0 Å². The van der Waals surface area contributed by atoms with Gasteiger partial charge < -0.3 is 14.5 Å². The molecule has 0 bridgehead atoms. The zero-order valence-corrected chi connectivity index (χ0v) is 18.2. The van der Waals surface area contributed by atoms with E-state index in [1.54, 1.807) is 0 Å². The SMILES string of the molecule is O=C(NCCCn1nc(C(F)(F)F)cc1C1CC1)c1ccc(COc2c(F)c(F)c(F)c(F)c2F)o1. The van der Waals surface area contributed by atoms with Crippen molar-refractivity contribution < 1.29 is 49.1 Å². The van der Waals surface area contributed by atoms with Crippen LogP contribution in [0.3, 0.4) is 0 Å². The van der Waals surface area contributed by atoms with Crippen molar-refractivity contribution >= 4 is 5.91 Å². The molecular weight excluding hydrogens is 506 g/mol. The number of carbonyl (C=O) groups is 1. The van der Waals surface area contributed by atoms with Gasteiger partial charge in [0.25, 0.3) is 5.91 Å². The second-order valence-electron chi connectivity index (χ2n) is 8.01. The number of benzene rings is 1. The van der Waals surface area contributed by atoms with Crippen molar-refractivity contribution in [3.05, 3.63) is 70.2 Å². The molecule has 0 aliphatic heterocycles. The number of carbonyl (C=O) groups excluding carboxylic acids is 1. The fourth-order valence-corrected chi connectivity index (χ4v) is 3.41. The molecule has 1 aromatic carbocycles. The summed E-state index contributed by atoms with van der Waals surface area (Å²) in [5.74, 6) is -13.5. The molecule has 1 aliphatic carbocycles. The molecule has 194 valence electrons. The summed E-state index contributed by atoms with van der Waals surface area (Å²) in [4.78, 5) is 12.2. The molecule has 6 nitrogen and oxygen atoms in total. The van der Waals surface area contributed by atoms with Crippen molar-refractivity contribution in [2.24, 2.45) is 0 Å². The summed E-state index contributed by atoms with van der Waals surface area (Å²) < 4.78 is 117. The molecule has 0 unspecified atom stereocenters. The van der Waals surface area contributed by atoms with E-state index >= 15 is 0 Å². The van der Waals surface area contributed by atoms with Crippen molar-refractivity contribution in [2.45, 2.75) is 44.5 Å². The summed E-state index contributed by atoms with van der Waals surface area (Å²) in [6.07, 6.45) is -2.72. The van der Waals surface area contributed by atoms with Crippen LogP contribution in [0.5, 0.6) is 5.75 Å². The number of aryl methyl sites for hydroxylation is 1. The number of ether oxygens (including phenoxy) is 1. The Morgan fingerprint density at radius 3 is 2.31 bits per heavy atom. The Morgan fingerprint density at radius 1 is 1.06 bits per heavy atom. The largest absolute Gasteiger partial charge is 0.479 e. The van der Waals surface area contributed by atoms with E-state index in [1.165, 1.54) is 16.8 Å². The number of rotatable bonds is 9. The first kappa shape index (κ1) is 25.5. The van der Waals surface area contributed by atoms with Crippen molar-refractivity contribution in [2.75, 3.05) is 6.54 Å². The first-order chi connectivity index (χ1) is 17.0. The van der Waals surface area contributed by atoms with E-state index in [4.69, 9.17) is 4.42 Å². The molecule has 0 radical (unpaired) electrons. The number of halogens is 8. The van der Waals surface area contributed by atoms with Gasteiger partial charge in [0.15, 0.2) is 17.2 Å². The highest BCUT2D eigenvalue weighted by Crippen LogP contribution is 2.42. The van der Waals surface area contributed by atoms with Gasteiger partial charge in [0.1, 0.15) is 12.4 Å². The lowest BCUT2D eigenvalue weighted by molar-refractivity contribution is -0.141. The minimum Gasteiger partial charge on any atom is -0.479 e. The van der Waals surface area contributed by atoms with Gasteiger partial charge in [0.05, 0.1) is 0 Å². The minimum atomic E-state index is -4.56. The molecule has 1 amide bonds. The molecule has 1 aliphatic rings. The van der Waals surface area contributed by atoms with E-state index in [9.17, 15) is 39.9 Å². The van der Waals surface area contributed by atoms with Gasteiger partial charge in [0.2, 0.25) is 29.1 Å². The molecule has 1 saturated carbocycles. The molecule has 1 N–H and O–H groups in total.